The fraction of sp³-hybridized carbons (Fsp3) is 0.222. The number of hydrogen-bond acceptors (Lipinski definition) is 2. The number of halogens is 2. The summed E-state index contributed by atoms with van der Waals surface area (Å²) in [5, 5.41) is 8.54. The standard InChI is InChI=1S/C9H7Br2NO/c1-13-7-3-2-6(4-5-12)8(10)9(7)11/h2-3H,4H2,1H3. The summed E-state index contributed by atoms with van der Waals surface area (Å²) in [6.45, 7) is 0. The van der Waals surface area contributed by atoms with Gasteiger partial charge in [-0.1, -0.05) is 6.07 Å². The maximum atomic E-state index is 8.54. The predicted octanol–water partition coefficient (Wildman–Crippen LogP) is 3.29. The highest BCUT2D eigenvalue weighted by atomic mass is 79.9. The molecule has 1 rings (SSSR count). The van der Waals surface area contributed by atoms with Crippen LogP contribution in [0.5, 0.6) is 5.75 Å². The molecule has 0 saturated heterocycles. The van der Waals surface area contributed by atoms with E-state index in [0.29, 0.717) is 6.42 Å². The van der Waals surface area contributed by atoms with E-state index in [1.807, 2.05) is 12.1 Å². The van der Waals surface area contributed by atoms with E-state index in [9.17, 15) is 0 Å². The molecular formula is C9H7Br2NO. The van der Waals surface area contributed by atoms with E-state index in [0.717, 1.165) is 20.3 Å². The number of ether oxygens (including phenoxy) is 1. The van der Waals surface area contributed by atoms with Crippen LogP contribution in [0.15, 0.2) is 21.1 Å². The topological polar surface area (TPSA) is 33.0 Å². The van der Waals surface area contributed by atoms with Crippen LogP contribution in [-0.4, -0.2) is 7.11 Å². The number of nitriles is 1. The van der Waals surface area contributed by atoms with E-state index in [1.54, 1.807) is 7.11 Å². The molecule has 0 aromatic heterocycles. The van der Waals surface area contributed by atoms with Crippen LogP contribution in [0.2, 0.25) is 0 Å². The lowest BCUT2D eigenvalue weighted by Crippen LogP contribution is -1.89. The minimum Gasteiger partial charge on any atom is -0.496 e. The third-order valence-electron chi connectivity index (χ3n) is 1.62. The minimum atomic E-state index is 0.392. The summed E-state index contributed by atoms with van der Waals surface area (Å²) >= 11 is 6.77. The summed E-state index contributed by atoms with van der Waals surface area (Å²) in [5.41, 5.74) is 0.954. The van der Waals surface area contributed by atoms with Gasteiger partial charge in [-0.2, -0.15) is 5.26 Å². The molecule has 0 amide bonds. The Kier molecular flexibility index (Phi) is 3.76. The fourth-order valence-electron chi connectivity index (χ4n) is 0.951. The van der Waals surface area contributed by atoms with Gasteiger partial charge in [0.15, 0.2) is 0 Å². The fourth-order valence-corrected chi connectivity index (χ4v) is 1.97. The summed E-state index contributed by atoms with van der Waals surface area (Å²) in [5.74, 6) is 0.758. The van der Waals surface area contributed by atoms with Crippen LogP contribution in [0.25, 0.3) is 0 Å². The molecule has 2 nitrogen and oxygen atoms in total. The number of rotatable bonds is 2. The van der Waals surface area contributed by atoms with Crippen molar-refractivity contribution in [3.63, 3.8) is 0 Å². The summed E-state index contributed by atoms with van der Waals surface area (Å²) in [4.78, 5) is 0. The number of benzene rings is 1. The van der Waals surface area contributed by atoms with Gasteiger partial charge >= 0.3 is 0 Å². The Morgan fingerprint density at radius 1 is 1.38 bits per heavy atom. The first-order valence-corrected chi connectivity index (χ1v) is 5.17. The monoisotopic (exact) mass is 303 g/mol. The maximum Gasteiger partial charge on any atom is 0.134 e. The molecule has 0 heterocycles. The van der Waals surface area contributed by atoms with Crippen molar-refractivity contribution in [2.45, 2.75) is 6.42 Å². The highest BCUT2D eigenvalue weighted by Gasteiger charge is 2.08. The van der Waals surface area contributed by atoms with E-state index in [4.69, 9.17) is 10.00 Å². The zero-order chi connectivity index (χ0) is 9.84. The van der Waals surface area contributed by atoms with Crippen molar-refractivity contribution in [3.05, 3.63) is 26.6 Å². The third kappa shape index (κ3) is 2.23. The van der Waals surface area contributed by atoms with Gasteiger partial charge < -0.3 is 4.74 Å². The van der Waals surface area contributed by atoms with Crippen LogP contribution >= 0.6 is 31.9 Å². The van der Waals surface area contributed by atoms with Gasteiger partial charge in [-0.25, -0.2) is 0 Å². The van der Waals surface area contributed by atoms with Crippen LogP contribution in [0, 0.1) is 11.3 Å². The average Bonchev–Trinajstić information content (AvgIpc) is 2.14. The van der Waals surface area contributed by atoms with Gasteiger partial charge in [-0.3, -0.25) is 0 Å². The molecule has 0 aliphatic rings. The molecule has 0 radical (unpaired) electrons. The Bertz CT molecular complexity index is 357. The molecule has 0 N–H and O–H groups in total. The molecule has 0 bridgehead atoms. The summed E-state index contributed by atoms with van der Waals surface area (Å²) in [6.07, 6.45) is 0.392. The van der Waals surface area contributed by atoms with Crippen molar-refractivity contribution in [1.29, 1.82) is 5.26 Å². The van der Waals surface area contributed by atoms with Crippen LogP contribution in [0.1, 0.15) is 5.56 Å². The molecule has 68 valence electrons. The summed E-state index contributed by atoms with van der Waals surface area (Å²) < 4.78 is 6.83. The largest absolute Gasteiger partial charge is 0.496 e. The van der Waals surface area contributed by atoms with E-state index < -0.39 is 0 Å². The third-order valence-corrected chi connectivity index (χ3v) is 3.84. The second-order valence-electron chi connectivity index (χ2n) is 2.39. The zero-order valence-electron chi connectivity index (χ0n) is 6.97. The molecule has 0 spiro atoms. The first-order valence-electron chi connectivity index (χ1n) is 3.58. The van der Waals surface area contributed by atoms with Gasteiger partial charge in [0.05, 0.1) is 24.1 Å². The second kappa shape index (κ2) is 4.64. The Labute approximate surface area is 93.8 Å². The molecule has 0 unspecified atom stereocenters. The Hall–Kier alpha value is -0.530. The zero-order valence-corrected chi connectivity index (χ0v) is 10.1. The van der Waals surface area contributed by atoms with Gasteiger partial charge in [0.2, 0.25) is 0 Å². The number of methoxy groups -OCH3 is 1. The summed E-state index contributed by atoms with van der Waals surface area (Å²) in [6, 6.07) is 5.80. The maximum absolute atomic E-state index is 8.54. The van der Waals surface area contributed by atoms with E-state index >= 15 is 0 Å². The van der Waals surface area contributed by atoms with E-state index in [-0.39, 0.29) is 0 Å². The highest BCUT2D eigenvalue weighted by molar-refractivity contribution is 9.13. The minimum absolute atomic E-state index is 0.392. The van der Waals surface area contributed by atoms with Crippen LogP contribution < -0.4 is 4.74 Å². The first kappa shape index (κ1) is 10.6. The molecule has 4 heteroatoms. The van der Waals surface area contributed by atoms with Gasteiger partial charge in [-0.05, 0) is 43.5 Å². The van der Waals surface area contributed by atoms with Gasteiger partial charge in [-0.15, -0.1) is 0 Å². The summed E-state index contributed by atoms with van der Waals surface area (Å²) in [7, 11) is 1.61. The van der Waals surface area contributed by atoms with Crippen molar-refractivity contribution in [3.8, 4) is 11.8 Å². The molecule has 0 fully saturated rings. The van der Waals surface area contributed by atoms with Crippen molar-refractivity contribution in [2.75, 3.05) is 7.11 Å². The number of nitrogens with zero attached hydrogens (tertiary/aromatic N) is 1. The molecule has 13 heavy (non-hydrogen) atoms. The SMILES string of the molecule is COc1ccc(CC#N)c(Br)c1Br. The van der Waals surface area contributed by atoms with E-state index in [2.05, 4.69) is 37.9 Å². The highest BCUT2D eigenvalue weighted by Crippen LogP contribution is 2.35. The molecule has 1 aromatic rings. The Morgan fingerprint density at radius 3 is 2.62 bits per heavy atom. The first-order chi connectivity index (χ1) is 6.20. The van der Waals surface area contributed by atoms with Crippen molar-refractivity contribution in [2.24, 2.45) is 0 Å². The average molecular weight is 305 g/mol. The Balaban J connectivity index is 3.17. The van der Waals surface area contributed by atoms with Crippen molar-refractivity contribution < 1.29 is 4.74 Å². The molecule has 0 aliphatic carbocycles. The van der Waals surface area contributed by atoms with Crippen LogP contribution in [-0.2, 0) is 6.42 Å². The second-order valence-corrected chi connectivity index (χ2v) is 3.98. The lowest BCUT2D eigenvalue weighted by atomic mass is 10.2. The lowest BCUT2D eigenvalue weighted by molar-refractivity contribution is 0.411. The normalized spacial score (nSPS) is 9.38. The van der Waals surface area contributed by atoms with E-state index in [1.165, 1.54) is 0 Å². The van der Waals surface area contributed by atoms with Gasteiger partial charge in [0.1, 0.15) is 5.75 Å². The molecule has 0 saturated carbocycles. The number of hydrogen-bond donors (Lipinski definition) is 0. The molecule has 0 aliphatic heterocycles. The van der Waals surface area contributed by atoms with Gasteiger partial charge in [0.25, 0.3) is 0 Å². The molecule has 0 atom stereocenters. The quantitative estimate of drug-likeness (QED) is 0.840. The van der Waals surface area contributed by atoms with Crippen LogP contribution in [0.4, 0.5) is 0 Å². The smallest absolute Gasteiger partial charge is 0.134 e. The lowest BCUT2D eigenvalue weighted by Gasteiger charge is -2.07. The molecule has 1 aromatic carbocycles. The predicted molar refractivity (Wildman–Crippen MR) is 57.7 cm³/mol. The Morgan fingerprint density at radius 2 is 2.08 bits per heavy atom. The van der Waals surface area contributed by atoms with Crippen molar-refractivity contribution >= 4 is 31.9 Å². The molecular weight excluding hydrogens is 298 g/mol. The van der Waals surface area contributed by atoms with Gasteiger partial charge in [0, 0.05) is 4.47 Å². The van der Waals surface area contributed by atoms with Crippen LogP contribution in [0.3, 0.4) is 0 Å². The van der Waals surface area contributed by atoms with Crippen molar-refractivity contribution in [1.82, 2.24) is 0 Å².